The van der Waals surface area contributed by atoms with Gasteiger partial charge in [-0.1, -0.05) is 48.5 Å². The molecule has 0 radical (unpaired) electrons. The quantitative estimate of drug-likeness (QED) is 0.670. The average molecular weight is 389 g/mol. The second kappa shape index (κ2) is 7.84. The Morgan fingerprint density at radius 3 is 2.48 bits per heavy atom. The summed E-state index contributed by atoms with van der Waals surface area (Å²) in [6.07, 6.45) is -0.141. The zero-order valence-electron chi connectivity index (χ0n) is 17.4. The maximum absolute atomic E-state index is 13.8. The number of hydrogen-bond donors (Lipinski definition) is 0. The molecular formula is C24H27N3O2. The van der Waals surface area contributed by atoms with E-state index in [1.54, 1.807) is 0 Å². The highest BCUT2D eigenvalue weighted by atomic mass is 16.5. The monoisotopic (exact) mass is 389 g/mol. The highest BCUT2D eigenvalue weighted by molar-refractivity contribution is 6.07. The first-order valence-electron chi connectivity index (χ1n) is 10.0. The Hall–Kier alpha value is -2.92. The zero-order chi connectivity index (χ0) is 20.5. The van der Waals surface area contributed by atoms with Crippen molar-refractivity contribution in [2.45, 2.75) is 32.0 Å². The van der Waals surface area contributed by atoms with Crippen LogP contribution >= 0.6 is 0 Å². The van der Waals surface area contributed by atoms with Crippen molar-refractivity contribution in [3.05, 3.63) is 71.8 Å². The third kappa shape index (κ3) is 3.58. The summed E-state index contributed by atoms with van der Waals surface area (Å²) in [5.41, 5.74) is 2.61. The van der Waals surface area contributed by atoms with Gasteiger partial charge in [0.15, 0.2) is 0 Å². The van der Waals surface area contributed by atoms with Gasteiger partial charge in [-0.15, -0.1) is 0 Å². The van der Waals surface area contributed by atoms with Crippen molar-refractivity contribution in [3.63, 3.8) is 0 Å². The summed E-state index contributed by atoms with van der Waals surface area (Å²) in [7, 11) is 3.88. The molecule has 1 fully saturated rings. The van der Waals surface area contributed by atoms with Crippen molar-refractivity contribution in [2.24, 2.45) is 0 Å². The van der Waals surface area contributed by atoms with Crippen LogP contribution in [0, 0.1) is 0 Å². The van der Waals surface area contributed by atoms with E-state index < -0.39 is 0 Å². The van der Waals surface area contributed by atoms with Crippen LogP contribution < -0.4 is 4.90 Å². The number of benzene rings is 2. The van der Waals surface area contributed by atoms with Gasteiger partial charge in [-0.3, -0.25) is 4.79 Å². The third-order valence-corrected chi connectivity index (χ3v) is 5.62. The highest BCUT2D eigenvalue weighted by Crippen LogP contribution is 2.33. The first-order valence-corrected chi connectivity index (χ1v) is 10.0. The minimum atomic E-state index is -0.141. The van der Waals surface area contributed by atoms with E-state index in [2.05, 4.69) is 19.1 Å². The van der Waals surface area contributed by atoms with Crippen molar-refractivity contribution >= 4 is 22.6 Å². The molecule has 1 aliphatic rings. The molecule has 5 heteroatoms. The SMILES string of the molecule is CC1COC(c2ccccc2)C(C)N1C(=O)c1cc(N(C)C)nc2ccccc12. The molecule has 2 aromatic carbocycles. The minimum absolute atomic E-state index is 0.00723. The van der Waals surface area contributed by atoms with Gasteiger partial charge >= 0.3 is 0 Å². The number of carbonyl (C=O) groups is 1. The molecule has 1 aliphatic heterocycles. The fourth-order valence-corrected chi connectivity index (χ4v) is 4.12. The lowest BCUT2D eigenvalue weighted by Crippen LogP contribution is -2.53. The van der Waals surface area contributed by atoms with Gasteiger partial charge in [-0.2, -0.15) is 0 Å². The van der Waals surface area contributed by atoms with Gasteiger partial charge < -0.3 is 14.5 Å². The Labute approximate surface area is 171 Å². The number of fused-ring (bicyclic) bond motifs is 1. The molecule has 0 saturated carbocycles. The Kier molecular flexibility index (Phi) is 5.24. The molecule has 150 valence electrons. The predicted octanol–water partition coefficient (Wildman–Crippen LogP) is 4.29. The standard InChI is InChI=1S/C24H27N3O2/c1-16-15-29-23(18-10-6-5-7-11-18)17(2)27(16)24(28)20-14-22(26(3)4)25-21-13-9-8-12-19(20)21/h5-14,16-17,23H,15H2,1-4H3. The van der Waals surface area contributed by atoms with Gasteiger partial charge in [0.05, 0.1) is 29.8 Å². The molecule has 1 amide bonds. The molecule has 2 heterocycles. The van der Waals surface area contributed by atoms with E-state index >= 15 is 0 Å². The summed E-state index contributed by atoms with van der Waals surface area (Å²) >= 11 is 0. The third-order valence-electron chi connectivity index (χ3n) is 5.62. The molecule has 29 heavy (non-hydrogen) atoms. The van der Waals surface area contributed by atoms with Gasteiger partial charge in [0.1, 0.15) is 11.9 Å². The smallest absolute Gasteiger partial charge is 0.255 e. The Balaban J connectivity index is 1.76. The molecule has 3 unspecified atom stereocenters. The number of carbonyl (C=O) groups excluding carboxylic acids is 1. The predicted molar refractivity (Wildman–Crippen MR) is 116 cm³/mol. The van der Waals surface area contributed by atoms with Gasteiger partial charge in [0.25, 0.3) is 5.91 Å². The number of nitrogens with zero attached hydrogens (tertiary/aromatic N) is 3. The molecule has 1 aromatic heterocycles. The summed E-state index contributed by atoms with van der Waals surface area (Å²) < 4.78 is 6.14. The summed E-state index contributed by atoms with van der Waals surface area (Å²) in [4.78, 5) is 22.4. The first-order chi connectivity index (χ1) is 14.0. The number of pyridine rings is 1. The van der Waals surface area contributed by atoms with Crippen molar-refractivity contribution in [2.75, 3.05) is 25.6 Å². The maximum Gasteiger partial charge on any atom is 0.255 e. The van der Waals surface area contributed by atoms with Crippen LogP contribution in [0.5, 0.6) is 0 Å². The van der Waals surface area contributed by atoms with E-state index in [1.165, 1.54) is 0 Å². The zero-order valence-corrected chi connectivity index (χ0v) is 17.4. The summed E-state index contributed by atoms with van der Waals surface area (Å²) in [6, 6.07) is 19.8. The van der Waals surface area contributed by atoms with Crippen LogP contribution in [0.1, 0.15) is 35.9 Å². The van der Waals surface area contributed by atoms with Gasteiger partial charge in [0.2, 0.25) is 0 Å². The second-order valence-corrected chi connectivity index (χ2v) is 7.91. The largest absolute Gasteiger partial charge is 0.369 e. The van der Waals surface area contributed by atoms with Crippen LogP contribution in [0.15, 0.2) is 60.7 Å². The van der Waals surface area contributed by atoms with Crippen molar-refractivity contribution in [1.82, 2.24) is 9.88 Å². The molecule has 5 nitrogen and oxygen atoms in total. The molecule has 3 aromatic rings. The van der Waals surface area contributed by atoms with E-state index in [9.17, 15) is 4.79 Å². The van der Waals surface area contributed by atoms with Crippen molar-refractivity contribution in [1.29, 1.82) is 0 Å². The number of aromatic nitrogens is 1. The Morgan fingerprint density at radius 2 is 1.76 bits per heavy atom. The van der Waals surface area contributed by atoms with Gasteiger partial charge in [0, 0.05) is 19.5 Å². The molecule has 0 bridgehead atoms. The van der Waals surface area contributed by atoms with Crippen LogP contribution in [0.3, 0.4) is 0 Å². The van der Waals surface area contributed by atoms with Crippen LogP contribution in [0.2, 0.25) is 0 Å². The molecule has 4 rings (SSSR count). The number of ether oxygens (including phenoxy) is 1. The van der Waals surface area contributed by atoms with E-state index in [1.807, 2.05) is 79.3 Å². The Morgan fingerprint density at radius 1 is 1.07 bits per heavy atom. The lowest BCUT2D eigenvalue weighted by molar-refractivity contribution is -0.0805. The van der Waals surface area contributed by atoms with Crippen LogP contribution in [0.25, 0.3) is 10.9 Å². The van der Waals surface area contributed by atoms with Crippen molar-refractivity contribution < 1.29 is 9.53 Å². The normalized spacial score (nSPS) is 21.9. The fraction of sp³-hybridized carbons (Fsp3) is 0.333. The van der Waals surface area contributed by atoms with E-state index in [4.69, 9.17) is 9.72 Å². The van der Waals surface area contributed by atoms with E-state index in [0.717, 1.165) is 22.3 Å². The van der Waals surface area contributed by atoms with Crippen LogP contribution in [-0.2, 0) is 4.74 Å². The van der Waals surface area contributed by atoms with Crippen molar-refractivity contribution in [3.8, 4) is 0 Å². The molecule has 0 N–H and O–H groups in total. The number of amides is 1. The summed E-state index contributed by atoms with van der Waals surface area (Å²) in [5.74, 6) is 0.802. The Bertz CT molecular complexity index is 1020. The topological polar surface area (TPSA) is 45.7 Å². The van der Waals surface area contributed by atoms with E-state index in [-0.39, 0.29) is 24.1 Å². The lowest BCUT2D eigenvalue weighted by Gasteiger charge is -2.44. The van der Waals surface area contributed by atoms with E-state index in [0.29, 0.717) is 12.2 Å². The van der Waals surface area contributed by atoms with Crippen LogP contribution in [-0.4, -0.2) is 48.6 Å². The van der Waals surface area contributed by atoms with Gasteiger partial charge in [-0.25, -0.2) is 4.98 Å². The number of anilines is 1. The lowest BCUT2D eigenvalue weighted by atomic mass is 9.97. The maximum atomic E-state index is 13.8. The number of hydrogen-bond acceptors (Lipinski definition) is 4. The average Bonchev–Trinajstić information content (AvgIpc) is 2.73. The summed E-state index contributed by atoms with van der Waals surface area (Å²) in [6.45, 7) is 4.63. The molecule has 3 atom stereocenters. The number of morpholine rings is 1. The molecule has 0 spiro atoms. The van der Waals surface area contributed by atoms with Crippen LogP contribution in [0.4, 0.5) is 5.82 Å². The van der Waals surface area contributed by atoms with Gasteiger partial charge in [-0.05, 0) is 31.5 Å². The second-order valence-electron chi connectivity index (χ2n) is 7.91. The number of rotatable bonds is 3. The first kappa shape index (κ1) is 19.4. The molecular weight excluding hydrogens is 362 g/mol. The molecule has 0 aliphatic carbocycles. The summed E-state index contributed by atoms with van der Waals surface area (Å²) in [5, 5.41) is 0.880. The highest BCUT2D eigenvalue weighted by Gasteiger charge is 2.38. The fourth-order valence-electron chi connectivity index (χ4n) is 4.12. The molecule has 1 saturated heterocycles. The minimum Gasteiger partial charge on any atom is -0.369 e. The number of para-hydroxylation sites is 1.